The minimum absolute atomic E-state index is 0.0487. The highest BCUT2D eigenvalue weighted by atomic mass is 16.5. The second kappa shape index (κ2) is 5.61. The van der Waals surface area contributed by atoms with Gasteiger partial charge in [0, 0.05) is 13.1 Å². The molecule has 14 heavy (non-hydrogen) atoms. The number of carbonyl (C=O) groups is 1. The maximum absolute atomic E-state index is 11.4. The number of amides is 1. The van der Waals surface area contributed by atoms with Crippen LogP contribution in [0.1, 0.15) is 26.2 Å². The van der Waals surface area contributed by atoms with E-state index < -0.39 is 0 Å². The number of rotatable bonds is 4. The van der Waals surface area contributed by atoms with E-state index in [2.05, 4.69) is 13.0 Å². The molecule has 0 bridgehead atoms. The van der Waals surface area contributed by atoms with E-state index in [0.717, 1.165) is 19.4 Å². The molecule has 0 aliphatic carbocycles. The highest BCUT2D eigenvalue weighted by molar-refractivity contribution is 5.78. The van der Waals surface area contributed by atoms with Crippen LogP contribution < -0.4 is 0 Å². The number of carbonyl (C=O) groups excluding carboxylic acids is 1. The summed E-state index contributed by atoms with van der Waals surface area (Å²) in [5.74, 6) is 0.0487. The first kappa shape index (κ1) is 11.0. The number of hydrogen-bond acceptors (Lipinski definition) is 3. The molecular weight excluding hydrogens is 180 g/mol. The Morgan fingerprint density at radius 1 is 1.71 bits per heavy atom. The summed E-state index contributed by atoms with van der Waals surface area (Å²) in [5.41, 5.74) is 0. The van der Waals surface area contributed by atoms with Crippen molar-refractivity contribution < 1.29 is 9.53 Å². The molecule has 0 radical (unpaired) electrons. The number of nitrogens with zero attached hydrogens (tertiary/aromatic N) is 2. The van der Waals surface area contributed by atoms with Gasteiger partial charge in [0.1, 0.15) is 6.61 Å². The van der Waals surface area contributed by atoms with Crippen LogP contribution in [0.3, 0.4) is 0 Å². The van der Waals surface area contributed by atoms with Crippen LogP contribution >= 0.6 is 0 Å². The van der Waals surface area contributed by atoms with E-state index in [4.69, 9.17) is 10.00 Å². The zero-order valence-electron chi connectivity index (χ0n) is 8.53. The van der Waals surface area contributed by atoms with Crippen LogP contribution in [0.4, 0.5) is 0 Å². The highest BCUT2D eigenvalue weighted by Gasteiger charge is 2.25. The fraction of sp³-hybridized carbons (Fsp3) is 0.800. The molecule has 78 valence electrons. The first-order chi connectivity index (χ1) is 6.77. The summed E-state index contributed by atoms with van der Waals surface area (Å²) in [6, 6.07) is 2.07. The topological polar surface area (TPSA) is 53.3 Å². The summed E-state index contributed by atoms with van der Waals surface area (Å²) < 4.78 is 5.23. The molecule has 1 fully saturated rings. The standard InChI is InChI=1S/C10H16N2O2/c1-2-3-6-12-7-9(4-5-11)14-8-10(12)13/h9H,2-4,6-8H2,1H3. The summed E-state index contributed by atoms with van der Waals surface area (Å²) >= 11 is 0. The Morgan fingerprint density at radius 3 is 3.14 bits per heavy atom. The lowest BCUT2D eigenvalue weighted by atomic mass is 10.2. The maximum atomic E-state index is 11.4. The Bertz CT molecular complexity index is 235. The Kier molecular flexibility index (Phi) is 4.41. The van der Waals surface area contributed by atoms with Crippen molar-refractivity contribution in [3.05, 3.63) is 0 Å². The fourth-order valence-corrected chi connectivity index (χ4v) is 1.47. The Morgan fingerprint density at radius 2 is 2.50 bits per heavy atom. The molecule has 0 N–H and O–H groups in total. The van der Waals surface area contributed by atoms with E-state index in [1.54, 1.807) is 4.90 Å². The van der Waals surface area contributed by atoms with Crippen LogP contribution in [0.2, 0.25) is 0 Å². The van der Waals surface area contributed by atoms with E-state index in [9.17, 15) is 4.79 Å². The van der Waals surface area contributed by atoms with Crippen LogP contribution in [0.5, 0.6) is 0 Å². The van der Waals surface area contributed by atoms with Crippen LogP contribution in [0.25, 0.3) is 0 Å². The molecule has 0 aromatic heterocycles. The number of ether oxygens (including phenoxy) is 1. The predicted octanol–water partition coefficient (Wildman–Crippen LogP) is 0.928. The second-order valence-electron chi connectivity index (χ2n) is 3.49. The molecule has 1 aliphatic rings. The minimum Gasteiger partial charge on any atom is -0.365 e. The normalized spacial score (nSPS) is 22.1. The summed E-state index contributed by atoms with van der Waals surface area (Å²) in [6.45, 7) is 3.60. The minimum atomic E-state index is -0.0884. The van der Waals surface area contributed by atoms with E-state index >= 15 is 0 Å². The lowest BCUT2D eigenvalue weighted by molar-refractivity contribution is -0.148. The van der Waals surface area contributed by atoms with Crippen LogP contribution in [-0.4, -0.2) is 36.6 Å². The van der Waals surface area contributed by atoms with Crippen molar-refractivity contribution in [3.8, 4) is 6.07 Å². The third-order valence-electron chi connectivity index (χ3n) is 2.32. The molecule has 0 spiro atoms. The second-order valence-corrected chi connectivity index (χ2v) is 3.49. The number of unbranched alkanes of at least 4 members (excludes halogenated alkanes) is 1. The van der Waals surface area contributed by atoms with Gasteiger partial charge in [0.2, 0.25) is 5.91 Å². The van der Waals surface area contributed by atoms with Crippen molar-refractivity contribution in [1.29, 1.82) is 5.26 Å². The van der Waals surface area contributed by atoms with Gasteiger partial charge in [-0.2, -0.15) is 5.26 Å². The smallest absolute Gasteiger partial charge is 0.248 e. The van der Waals surface area contributed by atoms with Crippen molar-refractivity contribution in [3.63, 3.8) is 0 Å². The Hall–Kier alpha value is -1.08. The number of hydrogen-bond donors (Lipinski definition) is 0. The molecule has 1 amide bonds. The molecular formula is C10H16N2O2. The van der Waals surface area contributed by atoms with Crippen molar-refractivity contribution in [1.82, 2.24) is 4.90 Å². The molecule has 0 saturated carbocycles. The number of nitriles is 1. The third-order valence-corrected chi connectivity index (χ3v) is 2.32. The molecule has 1 unspecified atom stereocenters. The molecule has 1 atom stereocenters. The maximum Gasteiger partial charge on any atom is 0.248 e. The summed E-state index contributed by atoms with van der Waals surface area (Å²) in [6.07, 6.45) is 2.38. The van der Waals surface area contributed by atoms with Gasteiger partial charge >= 0.3 is 0 Å². The Balaban J connectivity index is 2.39. The molecule has 1 aliphatic heterocycles. The van der Waals surface area contributed by atoms with Gasteiger partial charge in [-0.25, -0.2) is 0 Å². The fourth-order valence-electron chi connectivity index (χ4n) is 1.47. The van der Waals surface area contributed by atoms with E-state index in [-0.39, 0.29) is 18.6 Å². The summed E-state index contributed by atoms with van der Waals surface area (Å²) in [5, 5.41) is 8.51. The first-order valence-electron chi connectivity index (χ1n) is 5.04. The molecule has 4 heteroatoms. The zero-order valence-corrected chi connectivity index (χ0v) is 8.53. The average Bonchev–Trinajstić information content (AvgIpc) is 2.19. The monoisotopic (exact) mass is 196 g/mol. The molecule has 1 saturated heterocycles. The molecule has 4 nitrogen and oxygen atoms in total. The zero-order chi connectivity index (χ0) is 10.4. The molecule has 0 aromatic rings. The van der Waals surface area contributed by atoms with Crippen molar-refractivity contribution in [2.75, 3.05) is 19.7 Å². The lowest BCUT2D eigenvalue weighted by Gasteiger charge is -2.31. The van der Waals surface area contributed by atoms with Crippen LogP contribution in [0, 0.1) is 11.3 Å². The van der Waals surface area contributed by atoms with Gasteiger partial charge in [-0.15, -0.1) is 0 Å². The quantitative estimate of drug-likeness (QED) is 0.672. The van der Waals surface area contributed by atoms with Crippen LogP contribution in [0.15, 0.2) is 0 Å². The van der Waals surface area contributed by atoms with Gasteiger partial charge < -0.3 is 9.64 Å². The van der Waals surface area contributed by atoms with Gasteiger partial charge in [0.05, 0.1) is 18.6 Å². The van der Waals surface area contributed by atoms with Crippen molar-refractivity contribution in [2.45, 2.75) is 32.3 Å². The molecule has 1 heterocycles. The number of morpholine rings is 1. The molecule has 1 rings (SSSR count). The lowest BCUT2D eigenvalue weighted by Crippen LogP contribution is -2.46. The Labute approximate surface area is 84.4 Å². The average molecular weight is 196 g/mol. The first-order valence-corrected chi connectivity index (χ1v) is 5.04. The van der Waals surface area contributed by atoms with E-state index in [1.807, 2.05) is 0 Å². The van der Waals surface area contributed by atoms with Gasteiger partial charge in [0.25, 0.3) is 0 Å². The van der Waals surface area contributed by atoms with Crippen molar-refractivity contribution >= 4 is 5.91 Å². The van der Waals surface area contributed by atoms with Gasteiger partial charge in [-0.3, -0.25) is 4.79 Å². The largest absolute Gasteiger partial charge is 0.365 e. The van der Waals surface area contributed by atoms with Gasteiger partial charge in [-0.1, -0.05) is 13.3 Å². The van der Waals surface area contributed by atoms with Crippen molar-refractivity contribution in [2.24, 2.45) is 0 Å². The van der Waals surface area contributed by atoms with Gasteiger partial charge in [-0.05, 0) is 6.42 Å². The molecule has 0 aromatic carbocycles. The summed E-state index contributed by atoms with van der Waals surface area (Å²) in [4.78, 5) is 13.2. The third kappa shape index (κ3) is 3.00. The highest BCUT2D eigenvalue weighted by Crippen LogP contribution is 2.10. The van der Waals surface area contributed by atoms with Crippen LogP contribution in [-0.2, 0) is 9.53 Å². The predicted molar refractivity (Wildman–Crippen MR) is 51.5 cm³/mol. The summed E-state index contributed by atoms with van der Waals surface area (Å²) in [7, 11) is 0. The van der Waals surface area contributed by atoms with E-state index in [1.165, 1.54) is 0 Å². The van der Waals surface area contributed by atoms with Gasteiger partial charge in [0.15, 0.2) is 0 Å². The van der Waals surface area contributed by atoms with E-state index in [0.29, 0.717) is 13.0 Å². The SMILES string of the molecule is CCCCN1CC(CC#N)OCC1=O.